The number of carbonyl (C=O) groups excluding carboxylic acids is 1. The molecule has 1 N–H and O–H groups in total. The molecule has 1 atom stereocenters. The Bertz CT molecular complexity index is 863. The van der Waals surface area contributed by atoms with E-state index in [2.05, 4.69) is 53.0 Å². The van der Waals surface area contributed by atoms with Gasteiger partial charge in [0.15, 0.2) is 23.3 Å². The van der Waals surface area contributed by atoms with Gasteiger partial charge in [0.1, 0.15) is 19.3 Å². The van der Waals surface area contributed by atoms with E-state index in [1.54, 1.807) is 5.32 Å². The molecule has 1 rings (SSSR count). The maximum Gasteiger partial charge on any atom is 0.422 e. The number of alkyl halides is 3. The van der Waals surface area contributed by atoms with Gasteiger partial charge in [-0.2, -0.15) is 13.2 Å². The minimum atomic E-state index is -5.65. The van der Waals surface area contributed by atoms with Gasteiger partial charge < -0.3 is 5.32 Å². The Morgan fingerprint density at radius 1 is 0.844 bits per heavy atom. The monoisotopic (exact) mass is 483 g/mol. The molecule has 1 unspecified atom stereocenters. The Balaban J connectivity index is 3.18. The molecule has 0 aliphatic carbocycles. The summed E-state index contributed by atoms with van der Waals surface area (Å²) >= 11 is 0. The lowest BCUT2D eigenvalue weighted by molar-refractivity contribution is -0.143. The molecule has 0 aliphatic rings. The fourth-order valence-corrected chi connectivity index (χ4v) is 9.39. The third-order valence-corrected chi connectivity index (χ3v) is 12.2. The normalized spacial score (nSPS) is 13.4. The highest BCUT2D eigenvalue weighted by molar-refractivity contribution is 6.90. The fraction of sp³-hybridized carbons (Fsp3) is 0.591. The largest absolute Gasteiger partial charge is 0.422 e. The van der Waals surface area contributed by atoms with Gasteiger partial charge in [0, 0.05) is 12.3 Å². The molecule has 0 saturated carbocycles. The number of carbonyl (C=O) groups is 1. The molecule has 1 aromatic rings. The van der Waals surface area contributed by atoms with Crippen molar-refractivity contribution in [3.05, 3.63) is 28.8 Å². The van der Waals surface area contributed by atoms with E-state index in [4.69, 9.17) is 0 Å². The zero-order valence-corrected chi connectivity index (χ0v) is 20.1. The van der Waals surface area contributed by atoms with E-state index in [0.717, 1.165) is 0 Å². The molecule has 1 aromatic carbocycles. The number of hydrogen-bond acceptors (Lipinski definition) is 1. The van der Waals surface area contributed by atoms with Crippen LogP contribution in [0.15, 0.2) is 0 Å². The lowest BCUT2D eigenvalue weighted by Gasteiger charge is -2.38. The van der Waals surface area contributed by atoms with Crippen molar-refractivity contribution in [1.29, 1.82) is 0 Å². The number of benzene rings is 1. The van der Waals surface area contributed by atoms with Gasteiger partial charge in [-0.3, -0.25) is 4.79 Å². The van der Waals surface area contributed by atoms with Crippen molar-refractivity contribution in [3.63, 3.8) is 0 Å². The Labute approximate surface area is 185 Å². The van der Waals surface area contributed by atoms with Crippen LogP contribution in [0.5, 0.6) is 0 Å². The molecular weight excluding hydrogens is 455 g/mol. The third kappa shape index (κ3) is 5.48. The van der Waals surface area contributed by atoms with Gasteiger partial charge >= 0.3 is 6.18 Å². The summed E-state index contributed by atoms with van der Waals surface area (Å²) in [7, 11) is -2.08. The maximum absolute atomic E-state index is 14.0. The van der Waals surface area contributed by atoms with E-state index in [-0.39, 0.29) is 6.42 Å². The summed E-state index contributed by atoms with van der Waals surface area (Å²) in [5.74, 6) is -8.88. The van der Waals surface area contributed by atoms with Crippen LogP contribution in [0.1, 0.15) is 60.5 Å². The van der Waals surface area contributed by atoms with Crippen LogP contribution in [0.25, 0.3) is 0 Å². The summed E-state index contributed by atoms with van der Waals surface area (Å²) in [4.78, 5) is 12.3. The van der Waals surface area contributed by atoms with Crippen molar-refractivity contribution in [2.24, 2.45) is 5.92 Å². The van der Waals surface area contributed by atoms with Crippen LogP contribution in [0.4, 0.5) is 36.4 Å². The first-order valence-corrected chi connectivity index (χ1v) is 12.5. The predicted molar refractivity (Wildman–Crippen MR) is 113 cm³/mol. The lowest BCUT2D eigenvalue weighted by Crippen LogP contribution is -2.43. The van der Waals surface area contributed by atoms with Crippen molar-refractivity contribution in [2.75, 3.05) is 5.32 Å². The summed E-state index contributed by atoms with van der Waals surface area (Å²) in [6, 6.07) is 0. The second-order valence-electron chi connectivity index (χ2n) is 8.80. The number of anilines is 1. The molecule has 0 fully saturated rings. The molecule has 0 saturated heterocycles. The van der Waals surface area contributed by atoms with Crippen LogP contribution in [-0.4, -0.2) is 14.0 Å². The molecule has 10 heteroatoms. The van der Waals surface area contributed by atoms with Crippen molar-refractivity contribution in [1.82, 2.24) is 0 Å². The van der Waals surface area contributed by atoms with E-state index < -0.39 is 60.6 Å². The average Bonchev–Trinajstić information content (AvgIpc) is 2.64. The number of amides is 1. The zero-order chi connectivity index (χ0) is 25.2. The van der Waals surface area contributed by atoms with E-state index in [9.17, 15) is 35.5 Å². The standard InChI is InChI=1S/C22H28F7NOSi/c1-11(2)32(12(3)4,13(5)6)10-8-9-14(7)21(31)30-20-18(25)16(23)15(22(27,28)29)17(24)19(20)26/h11-14H,9H2,1-7H3,(H,30,31). The second kappa shape index (κ2) is 10.3. The molecule has 0 bridgehead atoms. The Morgan fingerprint density at radius 2 is 1.25 bits per heavy atom. The molecule has 32 heavy (non-hydrogen) atoms. The van der Waals surface area contributed by atoms with Gasteiger partial charge in [-0.25, -0.2) is 17.6 Å². The lowest BCUT2D eigenvalue weighted by atomic mass is 10.1. The van der Waals surface area contributed by atoms with Gasteiger partial charge in [-0.05, 0) is 16.6 Å². The first kappa shape index (κ1) is 28.0. The number of halogens is 7. The Morgan fingerprint density at radius 3 is 1.59 bits per heavy atom. The van der Waals surface area contributed by atoms with Crippen LogP contribution in [-0.2, 0) is 11.0 Å². The van der Waals surface area contributed by atoms with Crippen molar-refractivity contribution in [3.8, 4) is 11.5 Å². The Kier molecular flexibility index (Phi) is 9.00. The van der Waals surface area contributed by atoms with Gasteiger partial charge in [-0.1, -0.05) is 48.5 Å². The van der Waals surface area contributed by atoms with Crippen LogP contribution < -0.4 is 5.32 Å². The summed E-state index contributed by atoms with van der Waals surface area (Å²) in [6.45, 7) is 14.0. The first-order chi connectivity index (χ1) is 14.5. The van der Waals surface area contributed by atoms with E-state index in [1.165, 1.54) is 6.92 Å². The topological polar surface area (TPSA) is 29.1 Å². The van der Waals surface area contributed by atoms with Gasteiger partial charge in [-0.15, -0.1) is 11.5 Å². The van der Waals surface area contributed by atoms with Crippen molar-refractivity contribution in [2.45, 2.75) is 77.7 Å². The Hall–Kier alpha value is -2.02. The smallest absolute Gasteiger partial charge is 0.321 e. The molecule has 0 heterocycles. The summed E-state index contributed by atoms with van der Waals surface area (Å²) in [5.41, 5.74) is 0.0668. The van der Waals surface area contributed by atoms with Crippen molar-refractivity contribution < 1.29 is 35.5 Å². The van der Waals surface area contributed by atoms with E-state index in [1.807, 2.05) is 0 Å². The van der Waals surface area contributed by atoms with E-state index in [0.29, 0.717) is 16.6 Å². The predicted octanol–water partition coefficient (Wildman–Crippen LogP) is 7.45. The SMILES string of the molecule is CC(CC#C[Si](C(C)C)(C(C)C)C(C)C)C(=O)Nc1c(F)c(F)c(C(F)(F)F)c(F)c1F. The summed E-state index contributed by atoms with van der Waals surface area (Å²) in [5, 5.41) is 1.66. The van der Waals surface area contributed by atoms with Crippen LogP contribution in [0.3, 0.4) is 0 Å². The minimum absolute atomic E-state index is 0.00157. The molecule has 0 radical (unpaired) electrons. The molecule has 2 nitrogen and oxygen atoms in total. The number of nitrogens with one attached hydrogen (secondary N) is 1. The number of hydrogen-bond donors (Lipinski definition) is 1. The number of rotatable bonds is 6. The third-order valence-electron chi connectivity index (χ3n) is 5.82. The average molecular weight is 484 g/mol. The van der Waals surface area contributed by atoms with E-state index >= 15 is 0 Å². The van der Waals surface area contributed by atoms with Crippen LogP contribution in [0.2, 0.25) is 16.6 Å². The first-order valence-electron chi connectivity index (χ1n) is 10.2. The molecular formula is C22H28F7NOSi. The second-order valence-corrected chi connectivity index (χ2v) is 14.4. The minimum Gasteiger partial charge on any atom is -0.321 e. The summed E-state index contributed by atoms with van der Waals surface area (Å²) in [6.07, 6.45) is -5.65. The summed E-state index contributed by atoms with van der Waals surface area (Å²) < 4.78 is 93.6. The molecule has 180 valence electrons. The highest BCUT2D eigenvalue weighted by Gasteiger charge is 2.43. The van der Waals surface area contributed by atoms with Crippen LogP contribution in [0, 0.1) is 40.7 Å². The molecule has 0 aliphatic heterocycles. The highest BCUT2D eigenvalue weighted by Crippen LogP contribution is 2.41. The maximum atomic E-state index is 14.0. The van der Waals surface area contributed by atoms with Crippen LogP contribution >= 0.6 is 0 Å². The van der Waals surface area contributed by atoms with Gasteiger partial charge in [0.2, 0.25) is 5.91 Å². The zero-order valence-electron chi connectivity index (χ0n) is 19.1. The van der Waals surface area contributed by atoms with Gasteiger partial charge in [0.05, 0.1) is 0 Å². The molecule has 1 amide bonds. The molecule has 0 spiro atoms. The fourth-order valence-electron chi connectivity index (χ4n) is 4.12. The molecule has 0 aromatic heterocycles. The quantitative estimate of drug-likeness (QED) is 0.194. The van der Waals surface area contributed by atoms with Crippen molar-refractivity contribution >= 4 is 19.7 Å². The highest BCUT2D eigenvalue weighted by atomic mass is 28.3. The van der Waals surface area contributed by atoms with Gasteiger partial charge in [0.25, 0.3) is 0 Å².